The number of hydrogen-bond acceptors (Lipinski definition) is 3. The summed E-state index contributed by atoms with van der Waals surface area (Å²) in [6.07, 6.45) is 3.29. The van der Waals surface area contributed by atoms with Crippen LogP contribution in [-0.2, 0) is 0 Å². The number of carbonyl (C=O) groups excluding carboxylic acids is 1. The molecule has 1 N–H and O–H groups in total. The van der Waals surface area contributed by atoms with Gasteiger partial charge in [0.15, 0.2) is 0 Å². The van der Waals surface area contributed by atoms with Crippen LogP contribution < -0.4 is 5.32 Å². The average Bonchev–Trinajstić information content (AvgIpc) is 2.45. The standard InChI is InChI=1S/C14H13F2N3O/c1-9(15)5-19-14(20)12-3-2-10(4-13(12)16)11-6-17-8-18-7-11/h2-4,6-9H,5H2,1H3,(H,19,20). The summed E-state index contributed by atoms with van der Waals surface area (Å²) >= 11 is 0. The van der Waals surface area contributed by atoms with Crippen LogP contribution in [-0.4, -0.2) is 28.6 Å². The van der Waals surface area contributed by atoms with Crippen LogP contribution in [0.3, 0.4) is 0 Å². The van der Waals surface area contributed by atoms with Crippen LogP contribution in [0.1, 0.15) is 17.3 Å². The Morgan fingerprint density at radius 3 is 2.60 bits per heavy atom. The molecular weight excluding hydrogens is 264 g/mol. The van der Waals surface area contributed by atoms with Crippen LogP contribution in [0.4, 0.5) is 8.78 Å². The number of nitrogens with one attached hydrogen (secondary N) is 1. The number of hydrogen-bond donors (Lipinski definition) is 1. The largest absolute Gasteiger partial charge is 0.349 e. The van der Waals surface area contributed by atoms with Crippen molar-refractivity contribution in [2.24, 2.45) is 0 Å². The van der Waals surface area contributed by atoms with Gasteiger partial charge in [-0.15, -0.1) is 0 Å². The Morgan fingerprint density at radius 2 is 2.00 bits per heavy atom. The number of rotatable bonds is 4. The van der Waals surface area contributed by atoms with Crippen molar-refractivity contribution in [3.05, 3.63) is 48.3 Å². The van der Waals surface area contributed by atoms with Gasteiger partial charge < -0.3 is 5.32 Å². The molecule has 0 saturated carbocycles. The second-order valence-corrected chi connectivity index (χ2v) is 4.31. The molecule has 0 saturated heterocycles. The zero-order valence-corrected chi connectivity index (χ0v) is 10.8. The predicted molar refractivity (Wildman–Crippen MR) is 70.3 cm³/mol. The summed E-state index contributed by atoms with van der Waals surface area (Å²) in [5.41, 5.74) is 1.10. The van der Waals surface area contributed by atoms with E-state index in [2.05, 4.69) is 15.3 Å². The molecule has 4 nitrogen and oxygen atoms in total. The zero-order chi connectivity index (χ0) is 14.5. The first-order valence-corrected chi connectivity index (χ1v) is 6.05. The zero-order valence-electron chi connectivity index (χ0n) is 10.8. The van der Waals surface area contributed by atoms with Crippen molar-refractivity contribution in [1.29, 1.82) is 0 Å². The number of nitrogens with zero attached hydrogens (tertiary/aromatic N) is 2. The molecule has 0 aliphatic heterocycles. The Balaban J connectivity index is 2.20. The molecule has 2 aromatic rings. The van der Waals surface area contributed by atoms with E-state index in [0.29, 0.717) is 11.1 Å². The third-order valence-electron chi connectivity index (χ3n) is 2.65. The molecule has 1 atom stereocenters. The van der Waals surface area contributed by atoms with Crippen LogP contribution in [0.2, 0.25) is 0 Å². The van der Waals surface area contributed by atoms with Gasteiger partial charge in [-0.3, -0.25) is 4.79 Å². The second-order valence-electron chi connectivity index (χ2n) is 4.31. The van der Waals surface area contributed by atoms with E-state index < -0.39 is 17.9 Å². The summed E-state index contributed by atoms with van der Waals surface area (Å²) in [5.74, 6) is -1.31. The lowest BCUT2D eigenvalue weighted by Gasteiger charge is -2.08. The molecule has 0 fully saturated rings. The fraction of sp³-hybridized carbons (Fsp3) is 0.214. The first-order valence-electron chi connectivity index (χ1n) is 6.05. The molecule has 1 unspecified atom stereocenters. The van der Waals surface area contributed by atoms with Gasteiger partial charge in [0.05, 0.1) is 5.56 Å². The van der Waals surface area contributed by atoms with Crippen LogP contribution in [0.25, 0.3) is 11.1 Å². The Labute approximate surface area is 114 Å². The number of amides is 1. The van der Waals surface area contributed by atoms with Crippen molar-refractivity contribution in [2.45, 2.75) is 13.1 Å². The Morgan fingerprint density at radius 1 is 1.30 bits per heavy atom. The monoisotopic (exact) mass is 277 g/mol. The molecule has 2 rings (SSSR count). The smallest absolute Gasteiger partial charge is 0.254 e. The van der Waals surface area contributed by atoms with E-state index in [1.165, 1.54) is 25.4 Å². The molecule has 1 amide bonds. The van der Waals surface area contributed by atoms with Gasteiger partial charge in [0.25, 0.3) is 5.91 Å². The highest BCUT2D eigenvalue weighted by molar-refractivity contribution is 5.95. The van der Waals surface area contributed by atoms with Crippen molar-refractivity contribution in [2.75, 3.05) is 6.54 Å². The lowest BCUT2D eigenvalue weighted by atomic mass is 10.1. The van der Waals surface area contributed by atoms with Crippen molar-refractivity contribution < 1.29 is 13.6 Å². The van der Waals surface area contributed by atoms with Crippen LogP contribution in [0.5, 0.6) is 0 Å². The van der Waals surface area contributed by atoms with Gasteiger partial charge in [-0.2, -0.15) is 0 Å². The van der Waals surface area contributed by atoms with Crippen LogP contribution in [0, 0.1) is 5.82 Å². The van der Waals surface area contributed by atoms with E-state index >= 15 is 0 Å². The molecule has 6 heteroatoms. The maximum atomic E-state index is 13.9. The molecule has 0 radical (unpaired) electrons. The molecule has 0 spiro atoms. The third-order valence-corrected chi connectivity index (χ3v) is 2.65. The molecule has 1 aromatic carbocycles. The summed E-state index contributed by atoms with van der Waals surface area (Å²) in [6, 6.07) is 4.18. The molecule has 1 aromatic heterocycles. The quantitative estimate of drug-likeness (QED) is 0.933. The van der Waals surface area contributed by atoms with Gasteiger partial charge in [0.1, 0.15) is 18.3 Å². The highest BCUT2D eigenvalue weighted by Crippen LogP contribution is 2.20. The topological polar surface area (TPSA) is 54.9 Å². The van der Waals surface area contributed by atoms with E-state index in [0.717, 1.165) is 0 Å². The average molecular weight is 277 g/mol. The Kier molecular flexibility index (Phi) is 4.34. The third kappa shape index (κ3) is 3.34. The van der Waals surface area contributed by atoms with Gasteiger partial charge >= 0.3 is 0 Å². The van der Waals surface area contributed by atoms with Crippen molar-refractivity contribution in [3.63, 3.8) is 0 Å². The maximum absolute atomic E-state index is 13.9. The highest BCUT2D eigenvalue weighted by Gasteiger charge is 2.13. The maximum Gasteiger partial charge on any atom is 0.254 e. The number of carbonyl (C=O) groups is 1. The lowest BCUT2D eigenvalue weighted by Crippen LogP contribution is -2.29. The lowest BCUT2D eigenvalue weighted by molar-refractivity contribution is 0.0939. The SMILES string of the molecule is CC(F)CNC(=O)c1ccc(-c2cncnc2)cc1F. The number of alkyl halides is 1. The van der Waals surface area contributed by atoms with Crippen LogP contribution in [0.15, 0.2) is 36.9 Å². The van der Waals surface area contributed by atoms with E-state index in [1.807, 2.05) is 0 Å². The van der Waals surface area contributed by atoms with E-state index in [4.69, 9.17) is 0 Å². The summed E-state index contributed by atoms with van der Waals surface area (Å²) in [7, 11) is 0. The molecule has 104 valence electrons. The molecule has 0 aliphatic rings. The molecular formula is C14H13F2N3O. The fourth-order valence-electron chi connectivity index (χ4n) is 1.66. The molecule has 1 heterocycles. The van der Waals surface area contributed by atoms with E-state index in [9.17, 15) is 13.6 Å². The van der Waals surface area contributed by atoms with Crippen molar-refractivity contribution in [3.8, 4) is 11.1 Å². The number of halogens is 2. The van der Waals surface area contributed by atoms with Crippen molar-refractivity contribution >= 4 is 5.91 Å². The van der Waals surface area contributed by atoms with E-state index in [1.54, 1.807) is 18.5 Å². The van der Waals surface area contributed by atoms with Gasteiger partial charge in [0, 0.05) is 24.5 Å². The minimum atomic E-state index is -1.18. The predicted octanol–water partition coefficient (Wildman–Crippen LogP) is 2.37. The summed E-state index contributed by atoms with van der Waals surface area (Å²) < 4.78 is 26.6. The van der Waals surface area contributed by atoms with Gasteiger partial charge in [-0.25, -0.2) is 18.7 Å². The second kappa shape index (κ2) is 6.18. The molecule has 20 heavy (non-hydrogen) atoms. The van der Waals surface area contributed by atoms with Gasteiger partial charge in [0.2, 0.25) is 0 Å². The fourth-order valence-corrected chi connectivity index (χ4v) is 1.66. The Bertz CT molecular complexity index is 603. The van der Waals surface area contributed by atoms with E-state index in [-0.39, 0.29) is 12.1 Å². The minimum Gasteiger partial charge on any atom is -0.349 e. The van der Waals surface area contributed by atoms with Gasteiger partial charge in [-0.1, -0.05) is 6.07 Å². The van der Waals surface area contributed by atoms with Gasteiger partial charge in [-0.05, 0) is 24.6 Å². The molecule has 0 bridgehead atoms. The Hall–Kier alpha value is -2.37. The van der Waals surface area contributed by atoms with Crippen LogP contribution >= 0.6 is 0 Å². The first kappa shape index (κ1) is 14.0. The highest BCUT2D eigenvalue weighted by atomic mass is 19.1. The minimum absolute atomic E-state index is 0.119. The normalized spacial score (nSPS) is 11.9. The summed E-state index contributed by atoms with van der Waals surface area (Å²) in [5, 5.41) is 2.32. The first-order chi connectivity index (χ1) is 9.58. The summed E-state index contributed by atoms with van der Waals surface area (Å²) in [4.78, 5) is 19.4. The van der Waals surface area contributed by atoms with Crippen molar-refractivity contribution in [1.82, 2.24) is 15.3 Å². The number of aromatic nitrogens is 2. The summed E-state index contributed by atoms with van der Waals surface area (Å²) in [6.45, 7) is 1.17. The number of benzene rings is 1. The molecule has 0 aliphatic carbocycles.